The van der Waals surface area contributed by atoms with E-state index in [4.69, 9.17) is 11.6 Å². The summed E-state index contributed by atoms with van der Waals surface area (Å²) in [6, 6.07) is 3.65. The number of hydrogen-bond donors (Lipinski definition) is 1. The number of hydrogen-bond acceptors (Lipinski definition) is 3. The molecular formula is C13H16ClNO2S. The van der Waals surface area contributed by atoms with Crippen LogP contribution in [0.4, 0.5) is 0 Å². The molecule has 0 radical (unpaired) electrons. The average Bonchev–Trinajstić information content (AvgIpc) is 2.92. The van der Waals surface area contributed by atoms with Crippen LogP contribution in [-0.4, -0.2) is 35.1 Å². The van der Waals surface area contributed by atoms with Crippen LogP contribution >= 0.6 is 22.9 Å². The first-order chi connectivity index (χ1) is 8.61. The standard InChI is InChI=1S/C13H16ClNO2S/c1-9-6-7-15(11(9)8-16)13(17)5-3-10-2-4-12(14)18-10/h2-5,9,11,16H,6-8H2,1H3/b5-3+. The molecule has 0 saturated carbocycles. The van der Waals surface area contributed by atoms with Gasteiger partial charge in [0.05, 0.1) is 17.0 Å². The molecule has 0 spiro atoms. The molecule has 2 heterocycles. The van der Waals surface area contributed by atoms with Crippen molar-refractivity contribution in [2.75, 3.05) is 13.2 Å². The van der Waals surface area contributed by atoms with E-state index in [0.29, 0.717) is 10.3 Å². The van der Waals surface area contributed by atoms with Crippen LogP contribution in [-0.2, 0) is 4.79 Å². The molecule has 98 valence electrons. The Morgan fingerprint density at radius 2 is 2.44 bits per heavy atom. The number of aliphatic hydroxyl groups is 1. The van der Waals surface area contributed by atoms with Gasteiger partial charge in [0, 0.05) is 17.5 Å². The Balaban J connectivity index is 2.01. The average molecular weight is 286 g/mol. The number of halogens is 1. The number of aliphatic hydroxyl groups excluding tert-OH is 1. The van der Waals surface area contributed by atoms with Crippen molar-refractivity contribution in [1.29, 1.82) is 0 Å². The van der Waals surface area contributed by atoms with Crippen molar-refractivity contribution in [1.82, 2.24) is 4.90 Å². The van der Waals surface area contributed by atoms with E-state index in [0.717, 1.165) is 17.8 Å². The van der Waals surface area contributed by atoms with Gasteiger partial charge in [0.15, 0.2) is 0 Å². The first-order valence-corrected chi connectivity index (χ1v) is 7.16. The summed E-state index contributed by atoms with van der Waals surface area (Å²) in [7, 11) is 0. The predicted octanol–water partition coefficient (Wildman–Crippen LogP) is 2.64. The highest BCUT2D eigenvalue weighted by Crippen LogP contribution is 2.25. The molecule has 0 aliphatic carbocycles. The molecule has 1 aliphatic rings. The van der Waals surface area contributed by atoms with Gasteiger partial charge in [-0.1, -0.05) is 18.5 Å². The summed E-state index contributed by atoms with van der Waals surface area (Å²) in [6.45, 7) is 2.82. The molecule has 1 fully saturated rings. The van der Waals surface area contributed by atoms with Crippen molar-refractivity contribution in [2.45, 2.75) is 19.4 Å². The van der Waals surface area contributed by atoms with Gasteiger partial charge >= 0.3 is 0 Å². The maximum absolute atomic E-state index is 12.0. The zero-order valence-corrected chi connectivity index (χ0v) is 11.7. The van der Waals surface area contributed by atoms with Crippen molar-refractivity contribution in [3.8, 4) is 0 Å². The summed E-state index contributed by atoms with van der Waals surface area (Å²) < 4.78 is 0.713. The van der Waals surface area contributed by atoms with Crippen LogP contribution in [0.1, 0.15) is 18.2 Å². The summed E-state index contributed by atoms with van der Waals surface area (Å²) in [4.78, 5) is 14.7. The van der Waals surface area contributed by atoms with Crippen molar-refractivity contribution in [2.24, 2.45) is 5.92 Å². The van der Waals surface area contributed by atoms with Crippen LogP contribution in [0.2, 0.25) is 4.34 Å². The third kappa shape index (κ3) is 2.94. The Bertz CT molecular complexity index is 458. The molecule has 0 aromatic carbocycles. The summed E-state index contributed by atoms with van der Waals surface area (Å²) in [6.07, 6.45) is 4.29. The molecule has 18 heavy (non-hydrogen) atoms. The van der Waals surface area contributed by atoms with Gasteiger partial charge in [-0.2, -0.15) is 0 Å². The molecule has 2 atom stereocenters. The molecule has 1 amide bonds. The molecule has 2 unspecified atom stereocenters. The Labute approximate surface area is 116 Å². The van der Waals surface area contributed by atoms with E-state index < -0.39 is 0 Å². The highest BCUT2D eigenvalue weighted by molar-refractivity contribution is 7.17. The molecular weight excluding hydrogens is 270 g/mol. The molecule has 0 bridgehead atoms. The SMILES string of the molecule is CC1CCN(C(=O)/C=C/c2ccc(Cl)s2)C1CO. The lowest BCUT2D eigenvalue weighted by Crippen LogP contribution is -2.38. The van der Waals surface area contributed by atoms with E-state index in [1.807, 2.05) is 12.1 Å². The van der Waals surface area contributed by atoms with Crippen molar-refractivity contribution in [3.63, 3.8) is 0 Å². The Kier molecular flexibility index (Phi) is 4.43. The molecule has 3 nitrogen and oxygen atoms in total. The second kappa shape index (κ2) is 5.87. The van der Waals surface area contributed by atoms with E-state index in [1.54, 1.807) is 17.1 Å². The lowest BCUT2D eigenvalue weighted by atomic mass is 10.0. The van der Waals surface area contributed by atoms with Gasteiger partial charge < -0.3 is 10.0 Å². The van der Waals surface area contributed by atoms with Gasteiger partial charge in [-0.25, -0.2) is 0 Å². The van der Waals surface area contributed by atoms with E-state index >= 15 is 0 Å². The summed E-state index contributed by atoms with van der Waals surface area (Å²) in [5, 5.41) is 9.31. The fraction of sp³-hybridized carbons (Fsp3) is 0.462. The minimum atomic E-state index is -0.0472. The minimum Gasteiger partial charge on any atom is -0.394 e. The number of nitrogens with zero attached hydrogens (tertiary/aromatic N) is 1. The second-order valence-corrected chi connectivity index (χ2v) is 6.27. The summed E-state index contributed by atoms with van der Waals surface area (Å²) in [5.41, 5.74) is 0. The van der Waals surface area contributed by atoms with Gasteiger partial charge in [0.2, 0.25) is 5.91 Å². The zero-order valence-electron chi connectivity index (χ0n) is 10.2. The Hall–Kier alpha value is -0.840. The van der Waals surface area contributed by atoms with Crippen molar-refractivity contribution >= 4 is 34.9 Å². The highest BCUT2D eigenvalue weighted by atomic mass is 35.5. The number of thiophene rings is 1. The van der Waals surface area contributed by atoms with Crippen molar-refractivity contribution < 1.29 is 9.90 Å². The van der Waals surface area contributed by atoms with Gasteiger partial charge in [0.25, 0.3) is 0 Å². The molecule has 1 aromatic heterocycles. The highest BCUT2D eigenvalue weighted by Gasteiger charge is 2.32. The molecule has 1 aliphatic heterocycles. The number of rotatable bonds is 3. The van der Waals surface area contributed by atoms with Crippen LogP contribution in [0.15, 0.2) is 18.2 Å². The van der Waals surface area contributed by atoms with E-state index in [-0.39, 0.29) is 18.6 Å². The molecule has 1 aromatic rings. The molecule has 2 rings (SSSR count). The van der Waals surface area contributed by atoms with Crippen molar-refractivity contribution in [3.05, 3.63) is 27.4 Å². The lowest BCUT2D eigenvalue weighted by Gasteiger charge is -2.23. The normalized spacial score (nSPS) is 24.1. The zero-order chi connectivity index (χ0) is 13.1. The first-order valence-electron chi connectivity index (χ1n) is 5.96. The van der Waals surface area contributed by atoms with Gasteiger partial charge in [-0.05, 0) is 30.5 Å². The van der Waals surface area contributed by atoms with E-state index in [2.05, 4.69) is 6.92 Å². The maximum Gasteiger partial charge on any atom is 0.246 e. The van der Waals surface area contributed by atoms with Crippen LogP contribution in [0.5, 0.6) is 0 Å². The fourth-order valence-electron chi connectivity index (χ4n) is 2.23. The quantitative estimate of drug-likeness (QED) is 0.868. The molecule has 1 N–H and O–H groups in total. The summed E-state index contributed by atoms with van der Waals surface area (Å²) >= 11 is 7.26. The lowest BCUT2D eigenvalue weighted by molar-refractivity contribution is -0.127. The monoisotopic (exact) mass is 285 g/mol. The molecule has 5 heteroatoms. The topological polar surface area (TPSA) is 40.5 Å². The van der Waals surface area contributed by atoms with Crippen LogP contribution in [0, 0.1) is 5.92 Å². The smallest absolute Gasteiger partial charge is 0.246 e. The van der Waals surface area contributed by atoms with Crippen LogP contribution < -0.4 is 0 Å². The fourth-order valence-corrected chi connectivity index (χ4v) is 3.19. The molecule has 1 saturated heterocycles. The largest absolute Gasteiger partial charge is 0.394 e. The third-order valence-electron chi connectivity index (χ3n) is 3.34. The maximum atomic E-state index is 12.0. The van der Waals surface area contributed by atoms with Gasteiger partial charge in [-0.3, -0.25) is 4.79 Å². The van der Waals surface area contributed by atoms with E-state index in [1.165, 1.54) is 11.3 Å². The van der Waals surface area contributed by atoms with Crippen LogP contribution in [0.3, 0.4) is 0 Å². The first kappa shape index (κ1) is 13.6. The number of carbonyl (C=O) groups excluding carboxylic acids is 1. The minimum absolute atomic E-state index is 0.0333. The second-order valence-electron chi connectivity index (χ2n) is 4.52. The number of amides is 1. The number of carbonyl (C=O) groups is 1. The van der Waals surface area contributed by atoms with Crippen LogP contribution in [0.25, 0.3) is 6.08 Å². The van der Waals surface area contributed by atoms with E-state index in [9.17, 15) is 9.90 Å². The Morgan fingerprint density at radius 1 is 1.67 bits per heavy atom. The number of likely N-dealkylation sites (tertiary alicyclic amines) is 1. The van der Waals surface area contributed by atoms with Gasteiger partial charge in [-0.15, -0.1) is 11.3 Å². The predicted molar refractivity (Wildman–Crippen MR) is 74.7 cm³/mol. The summed E-state index contributed by atoms with van der Waals surface area (Å²) in [5.74, 6) is 0.325. The van der Waals surface area contributed by atoms with Gasteiger partial charge in [0.1, 0.15) is 0 Å². The third-order valence-corrected chi connectivity index (χ3v) is 4.53. The Morgan fingerprint density at radius 3 is 3.06 bits per heavy atom.